The van der Waals surface area contributed by atoms with Crippen molar-refractivity contribution in [3.63, 3.8) is 0 Å². The van der Waals surface area contributed by atoms with E-state index in [-0.39, 0.29) is 12.1 Å². The van der Waals surface area contributed by atoms with Crippen LogP contribution >= 0.6 is 0 Å². The van der Waals surface area contributed by atoms with E-state index < -0.39 is 12.4 Å². The molecule has 0 aromatic rings. The lowest BCUT2D eigenvalue weighted by Gasteiger charge is -2.39. The number of hydrogen-bond acceptors (Lipinski definition) is 4. The van der Waals surface area contributed by atoms with Crippen molar-refractivity contribution in [2.45, 2.75) is 37.9 Å². The van der Waals surface area contributed by atoms with Crippen LogP contribution in [0, 0.1) is 0 Å². The molecule has 0 bridgehead atoms. The van der Waals surface area contributed by atoms with Gasteiger partial charge < -0.3 is 19.8 Å². The first-order chi connectivity index (χ1) is 5.52. The molecule has 0 aromatic carbocycles. The van der Waals surface area contributed by atoms with Crippen molar-refractivity contribution in [1.29, 1.82) is 0 Å². The molecule has 2 N–H and O–H groups in total. The molecule has 0 aromatic heterocycles. The van der Waals surface area contributed by atoms with Crippen molar-refractivity contribution < 1.29 is 14.9 Å². The van der Waals surface area contributed by atoms with Gasteiger partial charge in [0.05, 0.1) is 12.2 Å². The molecule has 0 aliphatic carbocycles. The average molecular weight is 175 g/mol. The average Bonchev–Trinajstić information content (AvgIpc) is 1.96. The Balaban J connectivity index is 2.60. The van der Waals surface area contributed by atoms with Crippen LogP contribution in [0.3, 0.4) is 0 Å². The molecule has 0 saturated carbocycles. The maximum atomic E-state index is 9.65. The number of nitrogens with zero attached hydrogens (tertiary/aromatic N) is 1. The van der Waals surface area contributed by atoms with Crippen LogP contribution in [0.4, 0.5) is 0 Å². The summed E-state index contributed by atoms with van der Waals surface area (Å²) >= 11 is 0. The molecular weight excluding hydrogens is 158 g/mol. The number of ether oxygens (including phenoxy) is 1. The molecule has 0 amide bonds. The van der Waals surface area contributed by atoms with Crippen molar-refractivity contribution in [1.82, 2.24) is 4.90 Å². The monoisotopic (exact) mass is 175 g/mol. The molecule has 4 nitrogen and oxygen atoms in total. The number of likely N-dealkylation sites (N-methyl/N-ethyl adjacent to an activating group) is 1. The van der Waals surface area contributed by atoms with Crippen LogP contribution in [0.25, 0.3) is 0 Å². The zero-order chi connectivity index (χ0) is 9.30. The second-order valence-electron chi connectivity index (χ2n) is 3.55. The fourth-order valence-electron chi connectivity index (χ4n) is 1.56. The van der Waals surface area contributed by atoms with Crippen molar-refractivity contribution in [2.75, 3.05) is 14.1 Å². The summed E-state index contributed by atoms with van der Waals surface area (Å²) in [7, 11) is 3.78. The number of rotatable bonds is 1. The molecule has 72 valence electrons. The van der Waals surface area contributed by atoms with Gasteiger partial charge in [-0.1, -0.05) is 0 Å². The highest BCUT2D eigenvalue weighted by molar-refractivity contribution is 4.85. The van der Waals surface area contributed by atoms with Gasteiger partial charge in [-0.05, 0) is 21.0 Å². The molecule has 1 aliphatic rings. The standard InChI is InChI=1S/C8H17NO3/c1-5-8(11)6(9(2)3)4-7(10)12-5/h5-8,10-11H,4H2,1-3H3/t5-,6-,7-,8+/m1/s1. The van der Waals surface area contributed by atoms with Gasteiger partial charge in [0.25, 0.3) is 0 Å². The highest BCUT2D eigenvalue weighted by Gasteiger charge is 2.35. The predicted octanol–water partition coefficient (Wildman–Crippen LogP) is -0.595. The largest absolute Gasteiger partial charge is 0.389 e. The van der Waals surface area contributed by atoms with E-state index in [9.17, 15) is 10.2 Å². The van der Waals surface area contributed by atoms with Crippen LogP contribution in [0.2, 0.25) is 0 Å². The molecule has 4 heteroatoms. The fourth-order valence-corrected chi connectivity index (χ4v) is 1.56. The first-order valence-electron chi connectivity index (χ1n) is 4.20. The molecule has 1 rings (SSSR count). The Morgan fingerprint density at radius 2 is 1.92 bits per heavy atom. The van der Waals surface area contributed by atoms with Gasteiger partial charge >= 0.3 is 0 Å². The van der Waals surface area contributed by atoms with Crippen LogP contribution in [0.5, 0.6) is 0 Å². The van der Waals surface area contributed by atoms with Gasteiger partial charge in [0.1, 0.15) is 0 Å². The van der Waals surface area contributed by atoms with Gasteiger partial charge in [-0.3, -0.25) is 0 Å². The molecule has 0 radical (unpaired) electrons. The summed E-state index contributed by atoms with van der Waals surface area (Å²) in [5.41, 5.74) is 0. The summed E-state index contributed by atoms with van der Waals surface area (Å²) in [6, 6.07) is -0.0104. The maximum Gasteiger partial charge on any atom is 0.156 e. The highest BCUT2D eigenvalue weighted by Crippen LogP contribution is 2.21. The van der Waals surface area contributed by atoms with Gasteiger partial charge in [0, 0.05) is 12.5 Å². The lowest BCUT2D eigenvalue weighted by Crippen LogP contribution is -2.52. The molecule has 0 unspecified atom stereocenters. The third-order valence-electron chi connectivity index (χ3n) is 2.35. The summed E-state index contributed by atoms with van der Waals surface area (Å²) in [5, 5.41) is 18.9. The summed E-state index contributed by atoms with van der Waals surface area (Å²) in [6.07, 6.45) is -1.07. The molecule has 1 saturated heterocycles. The first kappa shape index (κ1) is 9.92. The molecule has 1 heterocycles. The Morgan fingerprint density at radius 1 is 1.33 bits per heavy atom. The third-order valence-corrected chi connectivity index (χ3v) is 2.35. The quantitative estimate of drug-likeness (QED) is 0.559. The van der Waals surface area contributed by atoms with Gasteiger partial charge in [-0.2, -0.15) is 0 Å². The Kier molecular flexibility index (Phi) is 3.06. The molecule has 0 spiro atoms. The number of aliphatic hydroxyl groups excluding tert-OH is 2. The van der Waals surface area contributed by atoms with E-state index in [1.807, 2.05) is 19.0 Å². The summed E-state index contributed by atoms with van der Waals surface area (Å²) in [4.78, 5) is 1.91. The predicted molar refractivity (Wildman–Crippen MR) is 44.7 cm³/mol. The lowest BCUT2D eigenvalue weighted by atomic mass is 9.99. The Labute approximate surface area is 72.7 Å². The van der Waals surface area contributed by atoms with Gasteiger partial charge in [0.15, 0.2) is 6.29 Å². The Bertz CT molecular complexity index is 151. The normalized spacial score (nSPS) is 43.5. The molecule has 1 fully saturated rings. The van der Waals surface area contributed by atoms with E-state index in [0.29, 0.717) is 6.42 Å². The van der Waals surface area contributed by atoms with Crippen LogP contribution < -0.4 is 0 Å². The van der Waals surface area contributed by atoms with Crippen molar-refractivity contribution in [2.24, 2.45) is 0 Å². The van der Waals surface area contributed by atoms with Gasteiger partial charge in [-0.15, -0.1) is 0 Å². The van der Waals surface area contributed by atoms with E-state index in [1.165, 1.54) is 0 Å². The summed E-state index contributed by atoms with van der Waals surface area (Å²) in [5.74, 6) is 0. The summed E-state index contributed by atoms with van der Waals surface area (Å²) < 4.78 is 5.06. The third kappa shape index (κ3) is 1.95. The second-order valence-corrected chi connectivity index (χ2v) is 3.55. The van der Waals surface area contributed by atoms with Crippen molar-refractivity contribution in [3.05, 3.63) is 0 Å². The molecule has 1 aliphatic heterocycles. The number of aliphatic hydroxyl groups is 2. The molecule has 12 heavy (non-hydrogen) atoms. The number of hydrogen-bond donors (Lipinski definition) is 2. The fraction of sp³-hybridized carbons (Fsp3) is 1.00. The van der Waals surface area contributed by atoms with E-state index in [1.54, 1.807) is 6.92 Å². The minimum Gasteiger partial charge on any atom is -0.389 e. The van der Waals surface area contributed by atoms with E-state index in [2.05, 4.69) is 0 Å². The minimum absolute atomic E-state index is 0.0104. The van der Waals surface area contributed by atoms with E-state index in [4.69, 9.17) is 4.74 Å². The highest BCUT2D eigenvalue weighted by atomic mass is 16.6. The van der Waals surface area contributed by atoms with Gasteiger partial charge in [0.2, 0.25) is 0 Å². The molecular formula is C8H17NO3. The zero-order valence-electron chi connectivity index (χ0n) is 7.77. The molecule has 4 atom stereocenters. The Morgan fingerprint density at radius 3 is 2.42 bits per heavy atom. The smallest absolute Gasteiger partial charge is 0.156 e. The summed E-state index contributed by atoms with van der Waals surface area (Å²) in [6.45, 7) is 1.77. The topological polar surface area (TPSA) is 52.9 Å². The second kappa shape index (κ2) is 3.70. The van der Waals surface area contributed by atoms with E-state index >= 15 is 0 Å². The first-order valence-corrected chi connectivity index (χ1v) is 4.20. The zero-order valence-corrected chi connectivity index (χ0v) is 7.77. The SMILES string of the molecule is C[C@H]1O[C@@H](O)C[C@@H](N(C)C)[C@H]1O. The van der Waals surface area contributed by atoms with Crippen molar-refractivity contribution >= 4 is 0 Å². The maximum absolute atomic E-state index is 9.65. The van der Waals surface area contributed by atoms with E-state index in [0.717, 1.165) is 0 Å². The van der Waals surface area contributed by atoms with Crippen LogP contribution in [-0.4, -0.2) is 53.7 Å². The van der Waals surface area contributed by atoms with Crippen LogP contribution in [0.15, 0.2) is 0 Å². The van der Waals surface area contributed by atoms with Crippen LogP contribution in [0.1, 0.15) is 13.3 Å². The lowest BCUT2D eigenvalue weighted by molar-refractivity contribution is -0.212. The van der Waals surface area contributed by atoms with Crippen molar-refractivity contribution in [3.8, 4) is 0 Å². The van der Waals surface area contributed by atoms with Gasteiger partial charge in [-0.25, -0.2) is 0 Å². The minimum atomic E-state index is -0.740. The Hall–Kier alpha value is -0.160. The van der Waals surface area contributed by atoms with Crippen LogP contribution in [-0.2, 0) is 4.74 Å².